The predicted molar refractivity (Wildman–Crippen MR) is 110 cm³/mol. The van der Waals surface area contributed by atoms with Gasteiger partial charge >= 0.3 is 6.18 Å². The van der Waals surface area contributed by atoms with Crippen molar-refractivity contribution in [3.05, 3.63) is 72.2 Å². The van der Waals surface area contributed by atoms with Gasteiger partial charge in [0.2, 0.25) is 5.88 Å². The van der Waals surface area contributed by atoms with E-state index in [0.717, 1.165) is 5.56 Å². The van der Waals surface area contributed by atoms with Gasteiger partial charge < -0.3 is 19.5 Å². The third kappa shape index (κ3) is 6.86. The van der Waals surface area contributed by atoms with E-state index in [9.17, 15) is 18.0 Å². The number of halogens is 3. The predicted octanol–water partition coefficient (Wildman–Crippen LogP) is 4.65. The molecule has 3 aromatic rings. The number of alkyl halides is 3. The van der Waals surface area contributed by atoms with Crippen LogP contribution in [0.25, 0.3) is 0 Å². The van der Waals surface area contributed by atoms with Gasteiger partial charge in [-0.3, -0.25) is 9.78 Å². The van der Waals surface area contributed by atoms with Crippen molar-refractivity contribution in [3.8, 4) is 17.4 Å². The second kappa shape index (κ2) is 10.5. The van der Waals surface area contributed by atoms with Crippen LogP contribution in [0, 0.1) is 0 Å². The van der Waals surface area contributed by atoms with Crippen LogP contribution in [0.2, 0.25) is 0 Å². The number of hydrogen-bond acceptors (Lipinski definition) is 6. The molecule has 0 saturated heterocycles. The summed E-state index contributed by atoms with van der Waals surface area (Å²) >= 11 is 0. The number of aromatic nitrogens is 2. The number of hydrogen-bond donors (Lipinski definition) is 1. The minimum Gasteiger partial charge on any atom is -0.490 e. The van der Waals surface area contributed by atoms with Crippen molar-refractivity contribution in [2.24, 2.45) is 0 Å². The second-order valence-corrected chi connectivity index (χ2v) is 6.48. The van der Waals surface area contributed by atoms with Gasteiger partial charge in [-0.15, -0.1) is 0 Å². The zero-order valence-corrected chi connectivity index (χ0v) is 17.1. The fraction of sp³-hybridized carbons (Fsp3) is 0.227. The molecule has 10 heteroatoms. The zero-order valence-electron chi connectivity index (χ0n) is 17.1. The summed E-state index contributed by atoms with van der Waals surface area (Å²) in [5.41, 5.74) is 1.53. The van der Waals surface area contributed by atoms with Crippen LogP contribution in [0.5, 0.6) is 17.4 Å². The average molecular weight is 447 g/mol. The summed E-state index contributed by atoms with van der Waals surface area (Å²) in [4.78, 5) is 20.3. The lowest BCUT2D eigenvalue weighted by Gasteiger charge is -2.14. The molecule has 1 N–H and O–H groups in total. The van der Waals surface area contributed by atoms with Gasteiger partial charge in [-0.25, -0.2) is 4.98 Å². The maximum absolute atomic E-state index is 12.6. The number of carbonyl (C=O) groups excluding carboxylic acids is 1. The Morgan fingerprint density at radius 3 is 2.44 bits per heavy atom. The monoisotopic (exact) mass is 447 g/mol. The van der Waals surface area contributed by atoms with Crippen molar-refractivity contribution >= 4 is 11.6 Å². The first-order valence-electron chi connectivity index (χ1n) is 9.59. The summed E-state index contributed by atoms with van der Waals surface area (Å²) in [6.45, 7) is 1.05. The van der Waals surface area contributed by atoms with Crippen LogP contribution in [-0.2, 0) is 6.61 Å². The maximum atomic E-state index is 12.6. The first-order chi connectivity index (χ1) is 15.3. The molecule has 0 saturated carbocycles. The highest BCUT2D eigenvalue weighted by molar-refractivity contribution is 6.04. The van der Waals surface area contributed by atoms with Crippen molar-refractivity contribution < 1.29 is 32.2 Å². The van der Waals surface area contributed by atoms with E-state index in [1.807, 2.05) is 19.1 Å². The van der Waals surface area contributed by atoms with E-state index in [4.69, 9.17) is 9.47 Å². The Hall–Kier alpha value is -3.82. The molecule has 7 nitrogen and oxygen atoms in total. The smallest absolute Gasteiger partial charge is 0.422 e. The van der Waals surface area contributed by atoms with Gasteiger partial charge in [0.1, 0.15) is 6.61 Å². The second-order valence-electron chi connectivity index (χ2n) is 6.48. The molecule has 0 spiro atoms. The third-order valence-electron chi connectivity index (χ3n) is 4.03. The summed E-state index contributed by atoms with van der Waals surface area (Å²) in [5.74, 6) is 0.239. The van der Waals surface area contributed by atoms with Crippen molar-refractivity contribution in [1.29, 1.82) is 0 Å². The zero-order chi connectivity index (χ0) is 23.0. The molecule has 32 heavy (non-hydrogen) atoms. The van der Waals surface area contributed by atoms with Gasteiger partial charge in [0, 0.05) is 24.0 Å². The van der Waals surface area contributed by atoms with E-state index in [-0.39, 0.29) is 5.88 Å². The van der Waals surface area contributed by atoms with Crippen molar-refractivity contribution in [2.75, 3.05) is 18.5 Å². The first-order valence-corrected chi connectivity index (χ1v) is 9.59. The van der Waals surface area contributed by atoms with E-state index in [1.165, 1.54) is 18.3 Å². The summed E-state index contributed by atoms with van der Waals surface area (Å²) in [6, 6.07) is 11.1. The Kier molecular flexibility index (Phi) is 7.48. The van der Waals surface area contributed by atoms with Gasteiger partial charge in [0.25, 0.3) is 5.91 Å². The van der Waals surface area contributed by atoms with Crippen LogP contribution in [-0.4, -0.2) is 35.3 Å². The van der Waals surface area contributed by atoms with Gasteiger partial charge in [-0.2, -0.15) is 13.2 Å². The van der Waals surface area contributed by atoms with E-state index in [0.29, 0.717) is 36.0 Å². The topological polar surface area (TPSA) is 82.6 Å². The number of anilines is 1. The Morgan fingerprint density at radius 1 is 1.00 bits per heavy atom. The number of carbonyl (C=O) groups is 1. The Balaban J connectivity index is 1.65. The molecule has 3 rings (SSSR count). The quantitative estimate of drug-likeness (QED) is 0.514. The normalized spacial score (nSPS) is 11.0. The van der Waals surface area contributed by atoms with Crippen molar-refractivity contribution in [3.63, 3.8) is 0 Å². The van der Waals surface area contributed by atoms with Crippen LogP contribution in [0.15, 0.2) is 61.1 Å². The lowest BCUT2D eigenvalue weighted by molar-refractivity contribution is -0.154. The number of nitrogens with one attached hydrogen (secondary N) is 1. The van der Waals surface area contributed by atoms with Gasteiger partial charge in [0.05, 0.1) is 18.5 Å². The van der Waals surface area contributed by atoms with Crippen LogP contribution in [0.3, 0.4) is 0 Å². The molecule has 0 aliphatic carbocycles. The lowest BCUT2D eigenvalue weighted by atomic mass is 10.2. The minimum absolute atomic E-state index is 0.199. The highest BCUT2D eigenvalue weighted by Gasteiger charge is 2.28. The molecule has 0 unspecified atom stereocenters. The molecule has 168 valence electrons. The van der Waals surface area contributed by atoms with E-state index in [2.05, 4.69) is 20.0 Å². The highest BCUT2D eigenvalue weighted by atomic mass is 19.4. The van der Waals surface area contributed by atoms with Gasteiger partial charge in [-0.1, -0.05) is 0 Å². The third-order valence-corrected chi connectivity index (χ3v) is 4.03. The maximum Gasteiger partial charge on any atom is 0.422 e. The van der Waals surface area contributed by atoms with E-state index in [1.54, 1.807) is 30.6 Å². The Morgan fingerprint density at radius 2 is 1.78 bits per heavy atom. The summed E-state index contributed by atoms with van der Waals surface area (Å²) in [5, 5.41) is 2.62. The number of nitrogens with zero attached hydrogens (tertiary/aromatic N) is 2. The van der Waals surface area contributed by atoms with Gasteiger partial charge in [-0.05, 0) is 48.9 Å². The van der Waals surface area contributed by atoms with Crippen LogP contribution in [0.1, 0.15) is 22.8 Å². The summed E-state index contributed by atoms with van der Waals surface area (Å²) in [6.07, 6.45) is 0.0825. The lowest BCUT2D eigenvalue weighted by Crippen LogP contribution is -2.19. The summed E-state index contributed by atoms with van der Waals surface area (Å²) < 4.78 is 52.5. The van der Waals surface area contributed by atoms with E-state index < -0.39 is 18.7 Å². The molecule has 2 aromatic heterocycles. The van der Waals surface area contributed by atoms with Crippen LogP contribution >= 0.6 is 0 Å². The molecule has 0 atom stereocenters. The highest BCUT2D eigenvalue weighted by Crippen LogP contribution is 2.30. The van der Waals surface area contributed by atoms with Gasteiger partial charge in [0.15, 0.2) is 18.1 Å². The Labute approximate surface area is 182 Å². The molecule has 0 aliphatic heterocycles. The molecular weight excluding hydrogens is 427 g/mol. The van der Waals surface area contributed by atoms with E-state index >= 15 is 0 Å². The molecule has 2 heterocycles. The average Bonchev–Trinajstić information content (AvgIpc) is 2.78. The van der Waals surface area contributed by atoms with Crippen molar-refractivity contribution in [1.82, 2.24) is 9.97 Å². The van der Waals surface area contributed by atoms with Crippen LogP contribution in [0.4, 0.5) is 18.9 Å². The number of ether oxygens (including phenoxy) is 3. The molecule has 1 amide bonds. The van der Waals surface area contributed by atoms with Crippen molar-refractivity contribution in [2.45, 2.75) is 19.7 Å². The number of amides is 1. The molecule has 0 aliphatic rings. The molecular formula is C22H20F3N3O4. The summed E-state index contributed by atoms with van der Waals surface area (Å²) in [7, 11) is 0. The fourth-order valence-corrected chi connectivity index (χ4v) is 2.58. The minimum atomic E-state index is -4.46. The van der Waals surface area contributed by atoms with Crippen LogP contribution < -0.4 is 19.5 Å². The number of pyridine rings is 2. The number of rotatable bonds is 9. The first kappa shape index (κ1) is 22.9. The number of benzene rings is 1. The molecule has 1 aromatic carbocycles. The molecule has 0 radical (unpaired) electrons. The molecule has 0 fully saturated rings. The fourth-order valence-electron chi connectivity index (χ4n) is 2.58. The Bertz CT molecular complexity index is 1030. The molecule has 0 bridgehead atoms. The SMILES string of the molecule is CCOc1cc(C(=O)Nc2ccc(OCC(F)(F)F)nc2)ccc1OCc1ccncc1. The largest absolute Gasteiger partial charge is 0.490 e. The standard InChI is InChI=1S/C22H20F3N3O4/c1-2-30-19-11-16(3-5-18(19)31-13-15-7-9-26-10-8-15)21(29)28-17-4-6-20(27-12-17)32-14-22(23,24)25/h3-12H,2,13-14H2,1H3,(H,28,29).